The van der Waals surface area contributed by atoms with Gasteiger partial charge in [-0.25, -0.2) is 0 Å². The second-order valence-electron chi connectivity index (χ2n) is 6.19. The second kappa shape index (κ2) is 14.0. The number of hydrogen-bond acceptors (Lipinski definition) is 3. The van der Waals surface area contributed by atoms with Crippen molar-refractivity contribution in [1.29, 1.82) is 0 Å². The summed E-state index contributed by atoms with van der Waals surface area (Å²) >= 11 is 0. The first-order valence-corrected chi connectivity index (χ1v) is 9.17. The molecule has 0 aromatic carbocycles. The minimum absolute atomic E-state index is 0.245. The molecule has 0 aromatic heterocycles. The molecule has 1 heterocycles. The van der Waals surface area contributed by atoms with Crippen molar-refractivity contribution in [3.05, 3.63) is 36.5 Å². The van der Waals surface area contributed by atoms with Crippen LogP contribution in [0.15, 0.2) is 36.5 Å². The maximum atomic E-state index is 10.4. The first-order chi connectivity index (χ1) is 11.7. The van der Waals surface area contributed by atoms with Gasteiger partial charge >= 0.3 is 5.97 Å². The van der Waals surface area contributed by atoms with Crippen LogP contribution < -0.4 is 0 Å². The SMILES string of the molecule is O=C(O)CCC/C=C\C[C@@H]1O[C@@H]1C/C=C\C/C=C\CCCCCO. The van der Waals surface area contributed by atoms with E-state index in [-0.39, 0.29) is 6.42 Å². The van der Waals surface area contributed by atoms with Crippen molar-refractivity contribution in [3.8, 4) is 0 Å². The van der Waals surface area contributed by atoms with Crippen LogP contribution in [0, 0.1) is 0 Å². The molecule has 1 saturated heterocycles. The van der Waals surface area contributed by atoms with Crippen LogP contribution in [0.25, 0.3) is 0 Å². The molecule has 0 saturated carbocycles. The number of rotatable bonds is 15. The standard InChI is InChI=1S/C20H32O4/c21-17-13-9-5-3-1-2-4-6-10-14-18-19(24-18)15-11-7-8-12-16-20(22)23/h1-2,6-7,10-11,18-19,21H,3-5,8-9,12-17H2,(H,22,23)/b2-1-,10-6-,11-7-/t18-,19+/m1/s1. The molecule has 1 fully saturated rings. The Morgan fingerprint density at radius 3 is 2.17 bits per heavy atom. The average molecular weight is 336 g/mol. The molecule has 1 aliphatic rings. The van der Waals surface area contributed by atoms with Gasteiger partial charge in [0.1, 0.15) is 0 Å². The zero-order valence-corrected chi connectivity index (χ0v) is 14.6. The lowest BCUT2D eigenvalue weighted by atomic mass is 10.1. The fourth-order valence-corrected chi connectivity index (χ4v) is 2.48. The van der Waals surface area contributed by atoms with Crippen LogP contribution in [0.1, 0.15) is 64.2 Å². The Hall–Kier alpha value is -1.39. The molecule has 24 heavy (non-hydrogen) atoms. The molecule has 1 aliphatic heterocycles. The van der Waals surface area contributed by atoms with E-state index < -0.39 is 5.97 Å². The van der Waals surface area contributed by atoms with Gasteiger partial charge in [0, 0.05) is 13.0 Å². The molecule has 2 N–H and O–H groups in total. The number of aliphatic hydroxyl groups is 1. The van der Waals surface area contributed by atoms with Gasteiger partial charge < -0.3 is 14.9 Å². The maximum Gasteiger partial charge on any atom is 0.303 e. The smallest absolute Gasteiger partial charge is 0.303 e. The topological polar surface area (TPSA) is 70.1 Å². The van der Waals surface area contributed by atoms with Gasteiger partial charge in [-0.1, -0.05) is 42.9 Å². The first-order valence-electron chi connectivity index (χ1n) is 9.17. The van der Waals surface area contributed by atoms with Crippen LogP contribution in [0.2, 0.25) is 0 Å². The third kappa shape index (κ3) is 12.1. The molecule has 1 rings (SSSR count). The number of epoxide rings is 1. The summed E-state index contributed by atoms with van der Waals surface area (Å²) in [6, 6.07) is 0. The summed E-state index contributed by atoms with van der Waals surface area (Å²) in [4.78, 5) is 10.4. The van der Waals surface area contributed by atoms with Crippen LogP contribution in [0.3, 0.4) is 0 Å². The number of hydrogen-bond donors (Lipinski definition) is 2. The molecule has 2 atom stereocenters. The molecule has 4 heteroatoms. The zero-order valence-electron chi connectivity index (χ0n) is 14.6. The van der Waals surface area contributed by atoms with Gasteiger partial charge in [0.05, 0.1) is 12.2 Å². The Morgan fingerprint density at radius 2 is 1.46 bits per heavy atom. The highest BCUT2D eigenvalue weighted by Crippen LogP contribution is 2.29. The third-order valence-electron chi connectivity index (χ3n) is 3.99. The molecule has 0 amide bonds. The van der Waals surface area contributed by atoms with Gasteiger partial charge in [-0.2, -0.15) is 0 Å². The van der Waals surface area contributed by atoms with Gasteiger partial charge in [-0.3, -0.25) is 4.79 Å². The number of unbranched alkanes of at least 4 members (excludes halogenated alkanes) is 4. The normalized spacial score (nSPS) is 20.5. The lowest BCUT2D eigenvalue weighted by Gasteiger charge is -1.93. The molecule has 0 bridgehead atoms. The number of aliphatic carboxylic acids is 1. The first kappa shape index (κ1) is 20.7. The summed E-state index contributed by atoms with van der Waals surface area (Å²) in [6.45, 7) is 0.303. The van der Waals surface area contributed by atoms with Gasteiger partial charge in [0.2, 0.25) is 0 Å². The third-order valence-corrected chi connectivity index (χ3v) is 3.99. The van der Waals surface area contributed by atoms with Crippen LogP contribution in [-0.2, 0) is 9.53 Å². The van der Waals surface area contributed by atoms with E-state index in [2.05, 4.69) is 36.5 Å². The molecular formula is C20H32O4. The molecule has 0 aliphatic carbocycles. The summed E-state index contributed by atoms with van der Waals surface area (Å²) < 4.78 is 5.61. The Morgan fingerprint density at radius 1 is 0.833 bits per heavy atom. The van der Waals surface area contributed by atoms with Crippen LogP contribution in [0.4, 0.5) is 0 Å². The molecule has 136 valence electrons. The van der Waals surface area contributed by atoms with Gasteiger partial charge in [-0.05, 0) is 51.4 Å². The minimum Gasteiger partial charge on any atom is -0.481 e. The van der Waals surface area contributed by atoms with Crippen molar-refractivity contribution < 1.29 is 19.7 Å². The number of aliphatic hydroxyl groups excluding tert-OH is 1. The Balaban J connectivity index is 1.91. The van der Waals surface area contributed by atoms with E-state index in [1.807, 2.05) is 0 Å². The number of carboxylic acids is 1. The van der Waals surface area contributed by atoms with Crippen molar-refractivity contribution in [3.63, 3.8) is 0 Å². The quantitative estimate of drug-likeness (QED) is 0.264. The molecule has 0 radical (unpaired) electrons. The summed E-state index contributed by atoms with van der Waals surface area (Å²) in [5.41, 5.74) is 0. The van der Waals surface area contributed by atoms with Crippen molar-refractivity contribution in [2.24, 2.45) is 0 Å². The summed E-state index contributed by atoms with van der Waals surface area (Å²) in [7, 11) is 0. The fraction of sp³-hybridized carbons (Fsp3) is 0.650. The minimum atomic E-state index is -0.725. The van der Waals surface area contributed by atoms with E-state index in [1.54, 1.807) is 0 Å². The largest absolute Gasteiger partial charge is 0.481 e. The van der Waals surface area contributed by atoms with Crippen LogP contribution in [-0.4, -0.2) is 35.0 Å². The van der Waals surface area contributed by atoms with Gasteiger partial charge in [-0.15, -0.1) is 0 Å². The van der Waals surface area contributed by atoms with Crippen LogP contribution in [0.5, 0.6) is 0 Å². The monoisotopic (exact) mass is 336 g/mol. The lowest BCUT2D eigenvalue weighted by molar-refractivity contribution is -0.137. The van der Waals surface area contributed by atoms with Crippen molar-refractivity contribution in [1.82, 2.24) is 0 Å². The highest BCUT2D eigenvalue weighted by molar-refractivity contribution is 5.66. The Bertz CT molecular complexity index is 412. The Kier molecular flexibility index (Phi) is 12.0. The van der Waals surface area contributed by atoms with E-state index >= 15 is 0 Å². The number of carboxylic acid groups (broad SMARTS) is 1. The predicted octanol–water partition coefficient (Wildman–Crippen LogP) is 4.40. The summed E-state index contributed by atoms with van der Waals surface area (Å²) in [6.07, 6.45) is 22.6. The Labute approximate surface area is 145 Å². The fourth-order valence-electron chi connectivity index (χ4n) is 2.48. The molecule has 0 aromatic rings. The molecule has 0 spiro atoms. The average Bonchev–Trinajstić information content (AvgIpc) is 3.30. The highest BCUT2D eigenvalue weighted by atomic mass is 16.6. The molecular weight excluding hydrogens is 304 g/mol. The molecule has 4 nitrogen and oxygen atoms in total. The van der Waals surface area contributed by atoms with Gasteiger partial charge in [0.15, 0.2) is 0 Å². The number of carbonyl (C=O) groups is 1. The summed E-state index contributed by atoms with van der Waals surface area (Å²) in [5, 5.41) is 17.2. The number of allylic oxidation sites excluding steroid dienone is 4. The van der Waals surface area contributed by atoms with E-state index in [1.165, 1.54) is 0 Å². The lowest BCUT2D eigenvalue weighted by Crippen LogP contribution is -1.93. The highest BCUT2D eigenvalue weighted by Gasteiger charge is 2.35. The van der Waals surface area contributed by atoms with E-state index in [9.17, 15) is 4.79 Å². The summed E-state index contributed by atoms with van der Waals surface area (Å²) in [5.74, 6) is -0.725. The number of ether oxygens (including phenoxy) is 1. The predicted molar refractivity (Wildman–Crippen MR) is 97.0 cm³/mol. The van der Waals surface area contributed by atoms with E-state index in [4.69, 9.17) is 14.9 Å². The van der Waals surface area contributed by atoms with E-state index in [0.717, 1.165) is 51.4 Å². The van der Waals surface area contributed by atoms with E-state index in [0.29, 0.717) is 25.2 Å². The zero-order chi connectivity index (χ0) is 17.5. The maximum absolute atomic E-state index is 10.4. The van der Waals surface area contributed by atoms with Crippen molar-refractivity contribution in [2.45, 2.75) is 76.4 Å². The van der Waals surface area contributed by atoms with Gasteiger partial charge in [0.25, 0.3) is 0 Å². The molecule has 0 unspecified atom stereocenters. The van der Waals surface area contributed by atoms with Crippen molar-refractivity contribution >= 4 is 5.97 Å². The van der Waals surface area contributed by atoms with Crippen LogP contribution >= 0.6 is 0 Å². The van der Waals surface area contributed by atoms with Crippen molar-refractivity contribution in [2.75, 3.05) is 6.61 Å². The second-order valence-corrected chi connectivity index (χ2v) is 6.19.